The van der Waals surface area contributed by atoms with Crippen molar-refractivity contribution >= 4 is 11.8 Å². The fraction of sp³-hybridized carbons (Fsp3) is 0.474. The third-order valence-electron chi connectivity index (χ3n) is 5.19. The van der Waals surface area contributed by atoms with Crippen molar-refractivity contribution in [3.63, 3.8) is 0 Å². The second-order valence-corrected chi connectivity index (χ2v) is 7.10. The zero-order chi connectivity index (χ0) is 17.4. The molecule has 0 amide bonds. The second kappa shape index (κ2) is 6.61. The van der Waals surface area contributed by atoms with Crippen LogP contribution in [0.15, 0.2) is 30.3 Å². The molecule has 2 heterocycles. The van der Waals surface area contributed by atoms with Crippen molar-refractivity contribution in [3.05, 3.63) is 47.2 Å². The van der Waals surface area contributed by atoms with Gasteiger partial charge in [-0.05, 0) is 30.9 Å². The number of nitrogens with two attached hydrogens (primary N) is 1. The van der Waals surface area contributed by atoms with Gasteiger partial charge in [0.05, 0.1) is 24.5 Å². The summed E-state index contributed by atoms with van der Waals surface area (Å²) in [4.78, 5) is 10.9. The summed E-state index contributed by atoms with van der Waals surface area (Å²) in [5, 5.41) is 9.49. The maximum atomic E-state index is 9.49. The standard InChI is InChI=1S/C19H24N4O2/c1-12-4-2-3-5-13(12)11-25-16-9-23(10-16)18-8-17(21-19(20)22-18)14-6-15(24)7-14/h2-5,8,14-16,24H,6-7,9-11H2,1H3,(H2,20,21,22). The Balaban J connectivity index is 1.33. The number of rotatable bonds is 5. The van der Waals surface area contributed by atoms with E-state index in [0.29, 0.717) is 18.5 Å². The van der Waals surface area contributed by atoms with Crippen LogP contribution in [0.4, 0.5) is 11.8 Å². The number of hydrogen-bond acceptors (Lipinski definition) is 6. The summed E-state index contributed by atoms with van der Waals surface area (Å²) < 4.78 is 6.00. The number of anilines is 2. The Kier molecular flexibility index (Phi) is 4.31. The predicted molar refractivity (Wildman–Crippen MR) is 96.4 cm³/mol. The van der Waals surface area contributed by atoms with Gasteiger partial charge < -0.3 is 20.5 Å². The molecule has 0 spiro atoms. The molecule has 4 rings (SSSR count). The zero-order valence-electron chi connectivity index (χ0n) is 14.4. The quantitative estimate of drug-likeness (QED) is 0.866. The molecule has 0 radical (unpaired) electrons. The van der Waals surface area contributed by atoms with Crippen molar-refractivity contribution in [1.29, 1.82) is 0 Å². The second-order valence-electron chi connectivity index (χ2n) is 7.10. The number of ether oxygens (including phenoxy) is 1. The third kappa shape index (κ3) is 3.45. The van der Waals surface area contributed by atoms with Gasteiger partial charge in [-0.25, -0.2) is 4.98 Å². The van der Waals surface area contributed by atoms with Crippen molar-refractivity contribution in [1.82, 2.24) is 9.97 Å². The smallest absolute Gasteiger partial charge is 0.222 e. The van der Waals surface area contributed by atoms with E-state index in [2.05, 4.69) is 33.9 Å². The van der Waals surface area contributed by atoms with E-state index in [1.807, 2.05) is 18.2 Å². The molecule has 1 aliphatic carbocycles. The first kappa shape index (κ1) is 16.3. The number of aliphatic hydroxyl groups is 1. The molecular weight excluding hydrogens is 316 g/mol. The van der Waals surface area contributed by atoms with E-state index < -0.39 is 0 Å². The van der Waals surface area contributed by atoms with Crippen LogP contribution in [0.1, 0.15) is 35.6 Å². The maximum absolute atomic E-state index is 9.49. The topological polar surface area (TPSA) is 84.5 Å². The Hall–Kier alpha value is -2.18. The van der Waals surface area contributed by atoms with Gasteiger partial charge in [0, 0.05) is 25.1 Å². The third-order valence-corrected chi connectivity index (χ3v) is 5.19. The van der Waals surface area contributed by atoms with E-state index in [1.54, 1.807) is 0 Å². The Bertz CT molecular complexity index is 755. The number of aromatic nitrogens is 2. The van der Waals surface area contributed by atoms with Crippen LogP contribution in [-0.4, -0.2) is 40.4 Å². The highest BCUT2D eigenvalue weighted by Crippen LogP contribution is 2.37. The van der Waals surface area contributed by atoms with Crippen LogP contribution in [0, 0.1) is 6.92 Å². The van der Waals surface area contributed by atoms with E-state index in [-0.39, 0.29) is 12.2 Å². The molecule has 2 aliphatic rings. The molecular formula is C19H24N4O2. The van der Waals surface area contributed by atoms with Gasteiger partial charge in [0.15, 0.2) is 0 Å². The zero-order valence-corrected chi connectivity index (χ0v) is 14.4. The van der Waals surface area contributed by atoms with Crippen LogP contribution in [0.5, 0.6) is 0 Å². The van der Waals surface area contributed by atoms with Gasteiger partial charge in [0.1, 0.15) is 5.82 Å². The molecule has 132 valence electrons. The van der Waals surface area contributed by atoms with Gasteiger partial charge in [0.25, 0.3) is 0 Å². The molecule has 3 N–H and O–H groups in total. The highest BCUT2D eigenvalue weighted by atomic mass is 16.5. The Morgan fingerprint density at radius 2 is 2.00 bits per heavy atom. The molecule has 1 aliphatic heterocycles. The van der Waals surface area contributed by atoms with Crippen molar-refractivity contribution in [2.45, 2.75) is 44.5 Å². The highest BCUT2D eigenvalue weighted by molar-refractivity contribution is 5.47. The molecule has 0 bridgehead atoms. The van der Waals surface area contributed by atoms with Gasteiger partial charge >= 0.3 is 0 Å². The fourth-order valence-corrected chi connectivity index (χ4v) is 3.38. The lowest BCUT2D eigenvalue weighted by Gasteiger charge is -2.40. The average Bonchev–Trinajstić information content (AvgIpc) is 2.51. The van der Waals surface area contributed by atoms with Crippen LogP contribution in [0.3, 0.4) is 0 Å². The first-order chi connectivity index (χ1) is 12.1. The fourth-order valence-electron chi connectivity index (χ4n) is 3.38. The number of nitrogen functional groups attached to an aromatic ring is 1. The first-order valence-electron chi connectivity index (χ1n) is 8.82. The van der Waals surface area contributed by atoms with Crippen molar-refractivity contribution in [3.8, 4) is 0 Å². The minimum atomic E-state index is -0.201. The summed E-state index contributed by atoms with van der Waals surface area (Å²) in [6, 6.07) is 10.3. The van der Waals surface area contributed by atoms with Gasteiger partial charge in [0.2, 0.25) is 5.95 Å². The summed E-state index contributed by atoms with van der Waals surface area (Å²) in [5.41, 5.74) is 9.31. The normalized spacial score (nSPS) is 23.2. The highest BCUT2D eigenvalue weighted by Gasteiger charge is 2.33. The maximum Gasteiger partial charge on any atom is 0.222 e. The molecule has 1 saturated carbocycles. The largest absolute Gasteiger partial charge is 0.393 e. The minimum Gasteiger partial charge on any atom is -0.393 e. The number of aliphatic hydroxyl groups excluding tert-OH is 1. The lowest BCUT2D eigenvalue weighted by atomic mass is 9.80. The Labute approximate surface area is 147 Å². The number of nitrogens with zero attached hydrogens (tertiary/aromatic N) is 3. The minimum absolute atomic E-state index is 0.201. The summed E-state index contributed by atoms with van der Waals surface area (Å²) >= 11 is 0. The number of aryl methyl sites for hydroxylation is 1. The molecule has 25 heavy (non-hydrogen) atoms. The SMILES string of the molecule is Cc1ccccc1COC1CN(c2cc(C3CC(O)C3)nc(N)n2)C1. The van der Waals surface area contributed by atoms with E-state index >= 15 is 0 Å². The van der Waals surface area contributed by atoms with Gasteiger partial charge in [-0.1, -0.05) is 24.3 Å². The molecule has 1 aromatic carbocycles. The molecule has 1 saturated heterocycles. The van der Waals surface area contributed by atoms with Gasteiger partial charge in [-0.15, -0.1) is 0 Å². The summed E-state index contributed by atoms with van der Waals surface area (Å²) in [5.74, 6) is 1.46. The van der Waals surface area contributed by atoms with Crippen LogP contribution >= 0.6 is 0 Å². The van der Waals surface area contributed by atoms with Crippen LogP contribution in [-0.2, 0) is 11.3 Å². The predicted octanol–water partition coefficient (Wildman–Crippen LogP) is 2.01. The van der Waals surface area contributed by atoms with Crippen LogP contribution in [0.2, 0.25) is 0 Å². The van der Waals surface area contributed by atoms with Crippen LogP contribution < -0.4 is 10.6 Å². The molecule has 0 unspecified atom stereocenters. The number of hydrogen-bond donors (Lipinski definition) is 2. The van der Waals surface area contributed by atoms with E-state index in [9.17, 15) is 5.11 Å². The molecule has 6 heteroatoms. The molecule has 0 atom stereocenters. The van der Waals surface area contributed by atoms with Gasteiger partial charge in [-0.2, -0.15) is 4.98 Å². The van der Waals surface area contributed by atoms with E-state index in [0.717, 1.165) is 37.4 Å². The Morgan fingerprint density at radius 3 is 2.72 bits per heavy atom. The first-order valence-corrected chi connectivity index (χ1v) is 8.82. The van der Waals surface area contributed by atoms with Crippen molar-refractivity contribution in [2.24, 2.45) is 0 Å². The van der Waals surface area contributed by atoms with E-state index in [1.165, 1.54) is 11.1 Å². The van der Waals surface area contributed by atoms with Gasteiger partial charge in [-0.3, -0.25) is 0 Å². The number of benzene rings is 1. The lowest BCUT2D eigenvalue weighted by Crippen LogP contribution is -2.52. The summed E-state index contributed by atoms with van der Waals surface area (Å²) in [6.07, 6.45) is 1.54. The molecule has 1 aromatic heterocycles. The molecule has 6 nitrogen and oxygen atoms in total. The molecule has 2 fully saturated rings. The summed E-state index contributed by atoms with van der Waals surface area (Å²) in [7, 11) is 0. The average molecular weight is 340 g/mol. The molecule has 2 aromatic rings. The Morgan fingerprint density at radius 1 is 1.24 bits per heavy atom. The van der Waals surface area contributed by atoms with Crippen molar-refractivity contribution < 1.29 is 9.84 Å². The van der Waals surface area contributed by atoms with Crippen molar-refractivity contribution in [2.75, 3.05) is 23.7 Å². The lowest BCUT2D eigenvalue weighted by molar-refractivity contribution is 0.0218. The van der Waals surface area contributed by atoms with Crippen LogP contribution in [0.25, 0.3) is 0 Å². The summed E-state index contributed by atoms with van der Waals surface area (Å²) in [6.45, 7) is 4.38. The van der Waals surface area contributed by atoms with E-state index in [4.69, 9.17) is 10.5 Å². The monoisotopic (exact) mass is 340 g/mol.